The topological polar surface area (TPSA) is 76.2 Å². The van der Waals surface area contributed by atoms with Gasteiger partial charge in [0.2, 0.25) is 0 Å². The molecule has 1 aromatic rings. The zero-order valence-electron chi connectivity index (χ0n) is 6.67. The van der Waals surface area contributed by atoms with E-state index in [-0.39, 0.29) is 3.70 Å². The number of aromatic hydroxyl groups is 1. The van der Waals surface area contributed by atoms with Crippen LogP contribution < -0.4 is 5.73 Å². The fourth-order valence-electron chi connectivity index (χ4n) is 0.946. The number of hydrogen-bond donors (Lipinski definition) is 2. The van der Waals surface area contributed by atoms with Gasteiger partial charge in [0.1, 0.15) is 9.45 Å². The monoisotopic (exact) mass is 314 g/mol. The molecule has 76 valence electrons. The number of rotatable bonds is 2. The summed E-state index contributed by atoms with van der Waals surface area (Å²) in [5.74, 6) is -1.76. The van der Waals surface area contributed by atoms with Crippen molar-refractivity contribution in [3.05, 3.63) is 21.0 Å². The molecule has 0 saturated carbocycles. The number of hydrogen-bond acceptors (Lipinski definition) is 3. The average Bonchev–Trinajstić information content (AvgIpc) is 2.07. The maximum absolute atomic E-state index is 12.4. The van der Waals surface area contributed by atoms with Crippen LogP contribution in [0.5, 0.6) is 5.75 Å². The van der Waals surface area contributed by atoms with Gasteiger partial charge in [0, 0.05) is 0 Å². The molecular weight excluding hydrogens is 309 g/mol. The highest BCUT2D eigenvalue weighted by molar-refractivity contribution is 14.1. The molecule has 1 rings (SSSR count). The summed E-state index contributed by atoms with van der Waals surface area (Å²) < 4.78 is 24.9. The number of primary amides is 1. The third kappa shape index (κ3) is 1.91. The maximum Gasteiger partial charge on any atom is 0.268 e. The van der Waals surface area contributed by atoms with Gasteiger partial charge in [0.05, 0.1) is 17.3 Å². The minimum Gasteiger partial charge on any atom is -0.506 e. The molecule has 14 heavy (non-hydrogen) atoms. The summed E-state index contributed by atoms with van der Waals surface area (Å²) in [5.41, 5.74) is 3.70. The van der Waals surface area contributed by atoms with E-state index < -0.39 is 29.2 Å². The van der Waals surface area contributed by atoms with Crippen LogP contribution in [-0.2, 0) is 0 Å². The Balaban J connectivity index is 3.50. The van der Waals surface area contributed by atoms with E-state index in [0.717, 1.165) is 6.20 Å². The third-order valence-electron chi connectivity index (χ3n) is 1.52. The van der Waals surface area contributed by atoms with Crippen LogP contribution in [0.1, 0.15) is 22.3 Å². The number of carbonyl (C=O) groups is 1. The zero-order chi connectivity index (χ0) is 10.9. The second-order valence-corrected chi connectivity index (χ2v) is 3.41. The summed E-state index contributed by atoms with van der Waals surface area (Å²) in [6.45, 7) is 0. The molecule has 0 aliphatic heterocycles. The van der Waals surface area contributed by atoms with Gasteiger partial charge in [-0.1, -0.05) is 0 Å². The van der Waals surface area contributed by atoms with E-state index >= 15 is 0 Å². The van der Waals surface area contributed by atoms with Gasteiger partial charge in [-0.25, -0.2) is 13.8 Å². The number of nitrogens with zero attached hydrogens (tertiary/aromatic N) is 1. The van der Waals surface area contributed by atoms with Gasteiger partial charge in [0.15, 0.2) is 0 Å². The fourth-order valence-corrected chi connectivity index (χ4v) is 1.64. The lowest BCUT2D eigenvalue weighted by Crippen LogP contribution is -2.17. The van der Waals surface area contributed by atoms with Crippen molar-refractivity contribution in [3.8, 4) is 5.75 Å². The Labute approximate surface area is 91.3 Å². The molecule has 0 radical (unpaired) electrons. The Kier molecular flexibility index (Phi) is 3.19. The summed E-state index contributed by atoms with van der Waals surface area (Å²) in [4.78, 5) is 14.4. The number of carbonyl (C=O) groups excluding carboxylic acids is 1. The number of nitrogens with two attached hydrogens (primary N) is 1. The zero-order valence-corrected chi connectivity index (χ0v) is 8.83. The lowest BCUT2D eigenvalue weighted by atomic mass is 10.1. The molecule has 7 heteroatoms. The van der Waals surface area contributed by atoms with Gasteiger partial charge in [0.25, 0.3) is 12.3 Å². The van der Waals surface area contributed by atoms with Crippen molar-refractivity contribution in [2.24, 2.45) is 5.73 Å². The van der Waals surface area contributed by atoms with Gasteiger partial charge in [-0.3, -0.25) is 4.79 Å². The Hall–Kier alpha value is -0.990. The number of alkyl halides is 2. The van der Waals surface area contributed by atoms with Crippen LogP contribution in [0, 0.1) is 3.70 Å². The van der Waals surface area contributed by atoms with Crippen LogP contribution in [-0.4, -0.2) is 16.0 Å². The molecule has 4 nitrogen and oxygen atoms in total. The van der Waals surface area contributed by atoms with Crippen molar-refractivity contribution in [1.29, 1.82) is 0 Å². The van der Waals surface area contributed by atoms with E-state index in [0.29, 0.717) is 0 Å². The largest absolute Gasteiger partial charge is 0.506 e. The molecule has 0 aromatic carbocycles. The molecule has 0 saturated heterocycles. The lowest BCUT2D eigenvalue weighted by Gasteiger charge is -2.08. The first-order chi connectivity index (χ1) is 6.45. The summed E-state index contributed by atoms with van der Waals surface area (Å²) >= 11 is 1.59. The van der Waals surface area contributed by atoms with Crippen LogP contribution in [0.3, 0.4) is 0 Å². The number of pyridine rings is 1. The molecule has 0 aliphatic rings. The molecule has 1 aromatic heterocycles. The Morgan fingerprint density at radius 1 is 1.64 bits per heavy atom. The fraction of sp³-hybridized carbons (Fsp3) is 0.143. The highest BCUT2D eigenvalue weighted by Crippen LogP contribution is 2.32. The Bertz CT molecular complexity index is 384. The first-order valence-corrected chi connectivity index (χ1v) is 4.48. The van der Waals surface area contributed by atoms with E-state index in [1.807, 2.05) is 0 Å². The molecule has 0 atom stereocenters. The van der Waals surface area contributed by atoms with Crippen LogP contribution in [0.15, 0.2) is 6.20 Å². The van der Waals surface area contributed by atoms with Crippen LogP contribution in [0.25, 0.3) is 0 Å². The van der Waals surface area contributed by atoms with Gasteiger partial charge in [-0.15, -0.1) is 0 Å². The minimum atomic E-state index is -2.96. The molecule has 0 aliphatic carbocycles. The molecule has 0 spiro atoms. The lowest BCUT2D eigenvalue weighted by molar-refractivity contribution is 0.0981. The van der Waals surface area contributed by atoms with Crippen molar-refractivity contribution in [2.75, 3.05) is 0 Å². The molecule has 3 N–H and O–H groups in total. The predicted molar refractivity (Wildman–Crippen MR) is 52.1 cm³/mol. The molecule has 0 unspecified atom stereocenters. The van der Waals surface area contributed by atoms with Crippen LogP contribution >= 0.6 is 22.6 Å². The van der Waals surface area contributed by atoms with Crippen LogP contribution in [0.4, 0.5) is 8.78 Å². The summed E-state index contributed by atoms with van der Waals surface area (Å²) in [6.07, 6.45) is -2.11. The van der Waals surface area contributed by atoms with Crippen molar-refractivity contribution in [3.63, 3.8) is 0 Å². The molecule has 0 fully saturated rings. The van der Waals surface area contributed by atoms with Gasteiger partial charge >= 0.3 is 0 Å². The number of aromatic nitrogens is 1. The molecule has 1 heterocycles. The number of halogens is 3. The van der Waals surface area contributed by atoms with Gasteiger partial charge in [-0.05, 0) is 22.6 Å². The van der Waals surface area contributed by atoms with Crippen molar-refractivity contribution in [1.82, 2.24) is 4.98 Å². The average molecular weight is 314 g/mol. The summed E-state index contributed by atoms with van der Waals surface area (Å²) in [7, 11) is 0. The Morgan fingerprint density at radius 2 is 2.21 bits per heavy atom. The molecule has 0 bridgehead atoms. The van der Waals surface area contributed by atoms with Gasteiger partial charge < -0.3 is 10.8 Å². The quantitative estimate of drug-likeness (QED) is 0.640. The highest BCUT2D eigenvalue weighted by atomic mass is 127. The van der Waals surface area contributed by atoms with E-state index in [4.69, 9.17) is 10.8 Å². The second-order valence-electron chi connectivity index (χ2n) is 2.39. The molecular formula is C7H5F2IN2O2. The van der Waals surface area contributed by atoms with Crippen molar-refractivity contribution >= 4 is 28.5 Å². The highest BCUT2D eigenvalue weighted by Gasteiger charge is 2.24. The van der Waals surface area contributed by atoms with E-state index in [1.165, 1.54) is 0 Å². The number of amides is 1. The smallest absolute Gasteiger partial charge is 0.268 e. The Morgan fingerprint density at radius 3 is 2.57 bits per heavy atom. The third-order valence-corrected chi connectivity index (χ3v) is 2.33. The van der Waals surface area contributed by atoms with Crippen molar-refractivity contribution < 1.29 is 18.7 Å². The standard InChI is InChI=1S/C7H5F2IN2O2/c8-5(9)3-2(13)1-12-6(10)4(3)7(11)14/h1,5,13H,(H2,11,14). The van der Waals surface area contributed by atoms with Crippen LogP contribution in [0.2, 0.25) is 0 Å². The predicted octanol–water partition coefficient (Wildman–Crippen LogP) is 1.43. The van der Waals surface area contributed by atoms with E-state index in [2.05, 4.69) is 4.98 Å². The second kappa shape index (κ2) is 4.03. The summed E-state index contributed by atoms with van der Waals surface area (Å²) in [6, 6.07) is 0. The SMILES string of the molecule is NC(=O)c1c(I)ncc(O)c1C(F)F. The minimum absolute atomic E-state index is 0.0446. The van der Waals surface area contributed by atoms with Crippen molar-refractivity contribution in [2.45, 2.75) is 6.43 Å². The van der Waals surface area contributed by atoms with Gasteiger partial charge in [-0.2, -0.15) is 0 Å². The maximum atomic E-state index is 12.4. The molecule has 1 amide bonds. The van der Waals surface area contributed by atoms with E-state index in [1.54, 1.807) is 22.6 Å². The normalized spacial score (nSPS) is 10.6. The van der Waals surface area contributed by atoms with E-state index in [9.17, 15) is 13.6 Å². The first-order valence-electron chi connectivity index (χ1n) is 3.40. The first kappa shape index (κ1) is 11.1. The summed E-state index contributed by atoms with van der Waals surface area (Å²) in [5, 5.41) is 9.08.